The van der Waals surface area contributed by atoms with Crippen molar-refractivity contribution >= 4 is 60.5 Å². The number of rotatable bonds is 6. The van der Waals surface area contributed by atoms with Gasteiger partial charge < -0.3 is 9.32 Å². The van der Waals surface area contributed by atoms with Crippen LogP contribution in [0, 0.1) is 0 Å². The predicted molar refractivity (Wildman–Crippen MR) is 220 cm³/mol. The van der Waals surface area contributed by atoms with Crippen molar-refractivity contribution < 1.29 is 4.42 Å². The zero-order chi connectivity index (χ0) is 34.4. The molecule has 0 aliphatic carbocycles. The molecule has 0 fully saturated rings. The molecule has 0 aliphatic rings. The van der Waals surface area contributed by atoms with Crippen LogP contribution >= 0.6 is 0 Å². The molecule has 2 heteroatoms. The van der Waals surface area contributed by atoms with Crippen LogP contribution in [0.15, 0.2) is 205 Å². The van der Waals surface area contributed by atoms with E-state index in [9.17, 15) is 0 Å². The van der Waals surface area contributed by atoms with E-state index >= 15 is 0 Å². The van der Waals surface area contributed by atoms with Crippen LogP contribution in [0.1, 0.15) is 0 Å². The minimum Gasteiger partial charge on any atom is -0.455 e. The molecule has 9 aromatic carbocycles. The lowest BCUT2D eigenvalue weighted by molar-refractivity contribution is 0.670. The molecule has 10 aromatic rings. The van der Waals surface area contributed by atoms with E-state index in [4.69, 9.17) is 4.42 Å². The maximum absolute atomic E-state index is 6.59. The summed E-state index contributed by atoms with van der Waals surface area (Å²) in [5, 5.41) is 7.17. The Balaban J connectivity index is 1.08. The molecule has 1 aromatic heterocycles. The van der Waals surface area contributed by atoms with Gasteiger partial charge in [0.25, 0.3) is 0 Å². The smallest absolute Gasteiger partial charge is 0.143 e. The Bertz CT molecular complexity index is 2890. The Morgan fingerprint density at radius 3 is 1.63 bits per heavy atom. The van der Waals surface area contributed by atoms with Crippen molar-refractivity contribution in [2.75, 3.05) is 4.90 Å². The average molecular weight is 664 g/mol. The molecule has 10 rings (SSSR count). The maximum Gasteiger partial charge on any atom is 0.143 e. The average Bonchev–Trinajstić information content (AvgIpc) is 3.58. The van der Waals surface area contributed by atoms with E-state index < -0.39 is 0 Å². The van der Waals surface area contributed by atoms with Gasteiger partial charge >= 0.3 is 0 Å². The van der Waals surface area contributed by atoms with E-state index in [1.54, 1.807) is 0 Å². The summed E-state index contributed by atoms with van der Waals surface area (Å²) < 4.78 is 6.59. The maximum atomic E-state index is 6.59. The Kier molecular flexibility index (Phi) is 7.18. The number of hydrogen-bond acceptors (Lipinski definition) is 2. The number of hydrogen-bond donors (Lipinski definition) is 0. The second kappa shape index (κ2) is 12.5. The number of nitrogens with zero attached hydrogens (tertiary/aromatic N) is 1. The van der Waals surface area contributed by atoms with Crippen LogP contribution < -0.4 is 4.90 Å². The summed E-state index contributed by atoms with van der Waals surface area (Å²) in [6, 6.07) is 71.7. The number of anilines is 3. The molecule has 0 saturated carbocycles. The fraction of sp³-hybridized carbons (Fsp3) is 0. The van der Waals surface area contributed by atoms with Crippen molar-refractivity contribution in [2.45, 2.75) is 0 Å². The van der Waals surface area contributed by atoms with Crippen LogP contribution in [-0.4, -0.2) is 0 Å². The highest BCUT2D eigenvalue weighted by Crippen LogP contribution is 2.43. The highest BCUT2D eigenvalue weighted by molar-refractivity contribution is 6.13. The minimum absolute atomic E-state index is 0.911. The van der Waals surface area contributed by atoms with Crippen LogP contribution in [0.5, 0.6) is 0 Å². The molecular formula is C50H33NO. The zero-order valence-corrected chi connectivity index (χ0v) is 28.4. The Morgan fingerprint density at radius 1 is 0.327 bits per heavy atom. The molecule has 0 saturated heterocycles. The molecule has 244 valence electrons. The minimum atomic E-state index is 0.911. The molecule has 0 bridgehead atoms. The van der Waals surface area contributed by atoms with Gasteiger partial charge in [-0.15, -0.1) is 0 Å². The first-order chi connectivity index (χ1) is 25.8. The Morgan fingerprint density at radius 2 is 0.885 bits per heavy atom. The third-order valence-electron chi connectivity index (χ3n) is 10.2. The van der Waals surface area contributed by atoms with Crippen molar-refractivity contribution in [3.05, 3.63) is 200 Å². The first-order valence-electron chi connectivity index (χ1n) is 17.8. The van der Waals surface area contributed by atoms with E-state index in [1.807, 2.05) is 0 Å². The van der Waals surface area contributed by atoms with Crippen LogP contribution in [0.25, 0.3) is 76.9 Å². The SMILES string of the molecule is c1ccc(-c2ccccc2N(c2ccc(-c3ccc4ccccc4c3)cc2)c2ccc(-c3cccc4c3oc3cc5ccccc5cc34)cc2)cc1. The topological polar surface area (TPSA) is 16.4 Å². The standard InChI is InChI=1S/C50H33NO/c1-2-12-36(13-3-1)44-17-8-9-20-48(44)51(42-27-23-35(24-28-42)41-22-21-34-11-4-5-14-38(34)31-41)43-29-25-37(26-30-43)45-18-10-19-46-47-32-39-15-6-7-16-40(39)33-49(47)52-50(45)46/h1-33H. The van der Waals surface area contributed by atoms with Crippen molar-refractivity contribution in [1.29, 1.82) is 0 Å². The number of furan rings is 1. The van der Waals surface area contributed by atoms with E-state index in [2.05, 4.69) is 205 Å². The molecule has 0 aliphatic heterocycles. The fourth-order valence-electron chi connectivity index (χ4n) is 7.63. The molecule has 0 radical (unpaired) electrons. The Hall–Kier alpha value is -6.90. The lowest BCUT2D eigenvalue weighted by atomic mass is 9.99. The fourth-order valence-corrected chi connectivity index (χ4v) is 7.63. The lowest BCUT2D eigenvalue weighted by Crippen LogP contribution is -2.11. The predicted octanol–water partition coefficient (Wildman–Crippen LogP) is 14.4. The molecular weight excluding hydrogens is 631 g/mol. The second-order valence-electron chi connectivity index (χ2n) is 13.4. The van der Waals surface area contributed by atoms with Crippen molar-refractivity contribution in [3.63, 3.8) is 0 Å². The first kappa shape index (κ1) is 30.0. The zero-order valence-electron chi connectivity index (χ0n) is 28.4. The van der Waals surface area contributed by atoms with Crippen LogP contribution in [0.4, 0.5) is 17.1 Å². The summed E-state index contributed by atoms with van der Waals surface area (Å²) in [6.45, 7) is 0. The van der Waals surface area contributed by atoms with E-state index in [0.717, 1.165) is 50.1 Å². The van der Waals surface area contributed by atoms with Crippen LogP contribution in [-0.2, 0) is 0 Å². The summed E-state index contributed by atoms with van der Waals surface area (Å²) in [5.41, 5.74) is 12.0. The third kappa shape index (κ3) is 5.21. The summed E-state index contributed by atoms with van der Waals surface area (Å²) in [6.07, 6.45) is 0. The molecule has 0 N–H and O–H groups in total. The Labute approximate surface area is 302 Å². The summed E-state index contributed by atoms with van der Waals surface area (Å²) in [7, 11) is 0. The van der Waals surface area contributed by atoms with E-state index in [-0.39, 0.29) is 0 Å². The quantitative estimate of drug-likeness (QED) is 0.176. The van der Waals surface area contributed by atoms with E-state index in [0.29, 0.717) is 0 Å². The highest BCUT2D eigenvalue weighted by Gasteiger charge is 2.19. The van der Waals surface area contributed by atoms with Gasteiger partial charge in [-0.3, -0.25) is 0 Å². The first-order valence-corrected chi connectivity index (χ1v) is 17.8. The highest BCUT2D eigenvalue weighted by atomic mass is 16.3. The summed E-state index contributed by atoms with van der Waals surface area (Å²) >= 11 is 0. The summed E-state index contributed by atoms with van der Waals surface area (Å²) in [5.74, 6) is 0. The molecule has 1 heterocycles. The molecule has 0 unspecified atom stereocenters. The molecule has 0 spiro atoms. The van der Waals surface area contributed by atoms with Gasteiger partial charge in [-0.1, -0.05) is 152 Å². The molecule has 2 nitrogen and oxygen atoms in total. The third-order valence-corrected chi connectivity index (χ3v) is 10.2. The van der Waals surface area contributed by atoms with Gasteiger partial charge in [0.1, 0.15) is 11.2 Å². The molecule has 52 heavy (non-hydrogen) atoms. The lowest BCUT2D eigenvalue weighted by Gasteiger charge is -2.28. The van der Waals surface area contributed by atoms with Crippen molar-refractivity contribution in [3.8, 4) is 33.4 Å². The van der Waals surface area contributed by atoms with Crippen molar-refractivity contribution in [1.82, 2.24) is 0 Å². The van der Waals surface area contributed by atoms with Gasteiger partial charge in [-0.2, -0.15) is 0 Å². The molecule has 0 amide bonds. The molecule has 0 atom stereocenters. The van der Waals surface area contributed by atoms with Gasteiger partial charge in [0.05, 0.1) is 5.69 Å². The normalized spacial score (nSPS) is 11.5. The number of fused-ring (bicyclic) bond motifs is 5. The van der Waals surface area contributed by atoms with Crippen LogP contribution in [0.2, 0.25) is 0 Å². The second-order valence-corrected chi connectivity index (χ2v) is 13.4. The van der Waals surface area contributed by atoms with E-state index in [1.165, 1.54) is 43.8 Å². The monoisotopic (exact) mass is 663 g/mol. The van der Waals surface area contributed by atoms with Gasteiger partial charge in [-0.05, 0) is 92.3 Å². The van der Waals surface area contributed by atoms with Crippen LogP contribution in [0.3, 0.4) is 0 Å². The van der Waals surface area contributed by atoms with Gasteiger partial charge in [0.2, 0.25) is 0 Å². The number of para-hydroxylation sites is 2. The van der Waals surface area contributed by atoms with Gasteiger partial charge in [0.15, 0.2) is 0 Å². The van der Waals surface area contributed by atoms with Gasteiger partial charge in [0, 0.05) is 33.3 Å². The van der Waals surface area contributed by atoms with Gasteiger partial charge in [-0.25, -0.2) is 0 Å². The largest absolute Gasteiger partial charge is 0.455 e. The summed E-state index contributed by atoms with van der Waals surface area (Å²) in [4.78, 5) is 2.36. The van der Waals surface area contributed by atoms with Crippen molar-refractivity contribution in [2.24, 2.45) is 0 Å². The number of benzene rings is 9.